The van der Waals surface area contributed by atoms with Crippen LogP contribution in [0.2, 0.25) is 5.02 Å². The molecule has 0 saturated heterocycles. The summed E-state index contributed by atoms with van der Waals surface area (Å²) in [6.07, 6.45) is 0. The molecule has 1 N–H and O–H groups in total. The van der Waals surface area contributed by atoms with E-state index in [0.29, 0.717) is 10.6 Å². The lowest BCUT2D eigenvalue weighted by Gasteiger charge is -2.09. The average Bonchev–Trinajstić information content (AvgIpc) is 2.33. The smallest absolute Gasteiger partial charge is 0.255 e. The van der Waals surface area contributed by atoms with Gasteiger partial charge in [0.25, 0.3) is 5.91 Å². The Labute approximate surface area is 112 Å². The first kappa shape index (κ1) is 12.7. The first-order valence-corrected chi connectivity index (χ1v) is 6.08. The van der Waals surface area contributed by atoms with Crippen molar-refractivity contribution >= 4 is 23.2 Å². The normalized spacial score (nSPS) is 10.2. The van der Waals surface area contributed by atoms with Gasteiger partial charge in [0.2, 0.25) is 0 Å². The number of anilines is 1. The molecule has 1 amide bonds. The van der Waals surface area contributed by atoms with E-state index in [1.54, 1.807) is 24.3 Å². The van der Waals surface area contributed by atoms with E-state index in [0.717, 1.165) is 11.3 Å². The van der Waals surface area contributed by atoms with E-state index in [1.807, 2.05) is 32.0 Å². The minimum absolute atomic E-state index is 0.126. The van der Waals surface area contributed by atoms with E-state index >= 15 is 0 Å². The lowest BCUT2D eigenvalue weighted by molar-refractivity contribution is 0.102. The molecule has 0 radical (unpaired) electrons. The molecule has 92 valence electrons. The Hall–Kier alpha value is -1.80. The summed E-state index contributed by atoms with van der Waals surface area (Å²) in [6.45, 7) is 4.00. The third kappa shape index (κ3) is 2.90. The molecule has 0 bridgehead atoms. The van der Waals surface area contributed by atoms with Gasteiger partial charge in [0.15, 0.2) is 0 Å². The van der Waals surface area contributed by atoms with Gasteiger partial charge in [-0.1, -0.05) is 29.3 Å². The zero-order valence-electron chi connectivity index (χ0n) is 10.3. The van der Waals surface area contributed by atoms with Crippen molar-refractivity contribution in [1.82, 2.24) is 0 Å². The Morgan fingerprint density at radius 3 is 2.33 bits per heavy atom. The summed E-state index contributed by atoms with van der Waals surface area (Å²) in [6, 6.07) is 12.8. The van der Waals surface area contributed by atoms with Crippen molar-refractivity contribution in [3.8, 4) is 0 Å². The molecule has 0 unspecified atom stereocenters. The molecule has 0 aliphatic rings. The summed E-state index contributed by atoms with van der Waals surface area (Å²) in [4.78, 5) is 12.0. The van der Waals surface area contributed by atoms with Crippen molar-refractivity contribution in [3.63, 3.8) is 0 Å². The Morgan fingerprint density at radius 1 is 1.06 bits per heavy atom. The molecule has 0 heterocycles. The molecule has 0 spiro atoms. The standard InChI is InChI=1S/C15H14ClNO/c1-10-3-8-14(11(2)9-10)17-15(18)12-4-6-13(16)7-5-12/h3-9H,1-2H3,(H,17,18). The Balaban J connectivity index is 2.18. The van der Waals surface area contributed by atoms with E-state index in [9.17, 15) is 4.79 Å². The quantitative estimate of drug-likeness (QED) is 0.860. The van der Waals surface area contributed by atoms with Crippen molar-refractivity contribution < 1.29 is 4.79 Å². The molecule has 3 heteroatoms. The predicted octanol–water partition coefficient (Wildman–Crippen LogP) is 4.21. The number of aryl methyl sites for hydroxylation is 2. The fourth-order valence-electron chi connectivity index (χ4n) is 1.75. The Bertz CT molecular complexity index is 576. The zero-order chi connectivity index (χ0) is 13.1. The number of benzene rings is 2. The molecule has 2 aromatic carbocycles. The lowest BCUT2D eigenvalue weighted by Crippen LogP contribution is -2.12. The number of rotatable bonds is 2. The first-order chi connectivity index (χ1) is 8.56. The van der Waals surface area contributed by atoms with Crippen LogP contribution in [0.25, 0.3) is 0 Å². The third-order valence-corrected chi connectivity index (χ3v) is 2.99. The maximum atomic E-state index is 12.0. The van der Waals surface area contributed by atoms with E-state index in [4.69, 9.17) is 11.6 Å². The predicted molar refractivity (Wildman–Crippen MR) is 75.3 cm³/mol. The topological polar surface area (TPSA) is 29.1 Å². The highest BCUT2D eigenvalue weighted by Gasteiger charge is 2.07. The van der Waals surface area contributed by atoms with Gasteiger partial charge in [0.1, 0.15) is 0 Å². The number of nitrogens with one attached hydrogen (secondary N) is 1. The number of carbonyl (C=O) groups excluding carboxylic acids is 1. The second-order valence-electron chi connectivity index (χ2n) is 4.28. The molecule has 18 heavy (non-hydrogen) atoms. The maximum absolute atomic E-state index is 12.0. The van der Waals surface area contributed by atoms with Crippen LogP contribution in [0, 0.1) is 13.8 Å². The molecule has 0 aromatic heterocycles. The number of hydrogen-bond donors (Lipinski definition) is 1. The molecule has 0 saturated carbocycles. The third-order valence-electron chi connectivity index (χ3n) is 2.74. The SMILES string of the molecule is Cc1ccc(NC(=O)c2ccc(Cl)cc2)c(C)c1. The minimum atomic E-state index is -0.126. The largest absolute Gasteiger partial charge is 0.322 e. The molecule has 0 fully saturated rings. The van der Waals surface area contributed by atoms with E-state index in [2.05, 4.69) is 5.32 Å². The van der Waals surface area contributed by atoms with Gasteiger partial charge in [-0.2, -0.15) is 0 Å². The van der Waals surface area contributed by atoms with E-state index in [1.165, 1.54) is 5.56 Å². The van der Waals surface area contributed by atoms with Gasteiger partial charge in [-0.05, 0) is 49.7 Å². The summed E-state index contributed by atoms with van der Waals surface area (Å²) in [5, 5.41) is 3.51. The second kappa shape index (κ2) is 5.23. The number of carbonyl (C=O) groups is 1. The molecule has 0 atom stereocenters. The van der Waals surface area contributed by atoms with Gasteiger partial charge < -0.3 is 5.32 Å². The molecule has 0 aliphatic carbocycles. The number of halogens is 1. The highest BCUT2D eigenvalue weighted by Crippen LogP contribution is 2.17. The van der Waals surface area contributed by atoms with E-state index < -0.39 is 0 Å². The summed E-state index contributed by atoms with van der Waals surface area (Å²) in [5.74, 6) is -0.126. The van der Waals surface area contributed by atoms with Gasteiger partial charge in [0, 0.05) is 16.3 Å². The van der Waals surface area contributed by atoms with Crippen LogP contribution in [-0.2, 0) is 0 Å². The van der Waals surface area contributed by atoms with Gasteiger partial charge in [0.05, 0.1) is 0 Å². The highest BCUT2D eigenvalue weighted by atomic mass is 35.5. The average molecular weight is 260 g/mol. The van der Waals surface area contributed by atoms with Gasteiger partial charge in [-0.15, -0.1) is 0 Å². The van der Waals surface area contributed by atoms with Crippen molar-refractivity contribution in [3.05, 3.63) is 64.2 Å². The van der Waals surface area contributed by atoms with E-state index in [-0.39, 0.29) is 5.91 Å². The molecule has 2 nitrogen and oxygen atoms in total. The van der Waals surface area contributed by atoms with Crippen LogP contribution in [0.4, 0.5) is 5.69 Å². The Morgan fingerprint density at radius 2 is 1.72 bits per heavy atom. The van der Waals surface area contributed by atoms with Crippen LogP contribution in [0.5, 0.6) is 0 Å². The first-order valence-electron chi connectivity index (χ1n) is 5.70. The van der Waals surface area contributed by atoms with Crippen LogP contribution >= 0.6 is 11.6 Å². The summed E-state index contributed by atoms with van der Waals surface area (Å²) >= 11 is 5.79. The fraction of sp³-hybridized carbons (Fsp3) is 0.133. The number of hydrogen-bond acceptors (Lipinski definition) is 1. The van der Waals surface area contributed by atoms with Gasteiger partial charge in [-0.25, -0.2) is 0 Å². The lowest BCUT2D eigenvalue weighted by atomic mass is 10.1. The van der Waals surface area contributed by atoms with Crippen LogP contribution in [0.3, 0.4) is 0 Å². The van der Waals surface area contributed by atoms with Gasteiger partial charge in [-0.3, -0.25) is 4.79 Å². The summed E-state index contributed by atoms with van der Waals surface area (Å²) in [7, 11) is 0. The summed E-state index contributed by atoms with van der Waals surface area (Å²) < 4.78 is 0. The van der Waals surface area contributed by atoms with Crippen molar-refractivity contribution in [1.29, 1.82) is 0 Å². The second-order valence-corrected chi connectivity index (χ2v) is 4.72. The molecule has 2 aromatic rings. The van der Waals surface area contributed by atoms with Crippen LogP contribution in [-0.4, -0.2) is 5.91 Å². The van der Waals surface area contributed by atoms with Crippen LogP contribution in [0.1, 0.15) is 21.5 Å². The minimum Gasteiger partial charge on any atom is -0.322 e. The maximum Gasteiger partial charge on any atom is 0.255 e. The summed E-state index contributed by atoms with van der Waals surface area (Å²) in [5.41, 5.74) is 3.66. The highest BCUT2D eigenvalue weighted by molar-refractivity contribution is 6.30. The van der Waals surface area contributed by atoms with Crippen molar-refractivity contribution in [2.75, 3.05) is 5.32 Å². The molecular weight excluding hydrogens is 246 g/mol. The van der Waals surface area contributed by atoms with Crippen LogP contribution in [0.15, 0.2) is 42.5 Å². The monoisotopic (exact) mass is 259 g/mol. The zero-order valence-corrected chi connectivity index (χ0v) is 11.1. The molecular formula is C15H14ClNO. The molecule has 0 aliphatic heterocycles. The number of amides is 1. The Kier molecular flexibility index (Phi) is 3.68. The fourth-order valence-corrected chi connectivity index (χ4v) is 1.88. The molecule has 2 rings (SSSR count). The van der Waals surface area contributed by atoms with Crippen LogP contribution < -0.4 is 5.32 Å². The van der Waals surface area contributed by atoms with Crippen molar-refractivity contribution in [2.24, 2.45) is 0 Å². The van der Waals surface area contributed by atoms with Crippen molar-refractivity contribution in [2.45, 2.75) is 13.8 Å². The van der Waals surface area contributed by atoms with Gasteiger partial charge >= 0.3 is 0 Å².